The van der Waals surface area contributed by atoms with Crippen LogP contribution in [0.1, 0.15) is 35.2 Å². The van der Waals surface area contributed by atoms with E-state index >= 15 is 0 Å². The Morgan fingerprint density at radius 3 is 2.74 bits per heavy atom. The zero-order valence-electron chi connectivity index (χ0n) is 13.0. The molecule has 0 unspecified atom stereocenters. The van der Waals surface area contributed by atoms with Gasteiger partial charge in [0.25, 0.3) is 5.91 Å². The van der Waals surface area contributed by atoms with Crippen molar-refractivity contribution in [2.24, 2.45) is 11.7 Å². The zero-order chi connectivity index (χ0) is 16.9. The first-order chi connectivity index (χ1) is 10.9. The minimum Gasteiger partial charge on any atom is -0.431 e. The number of nitrogens with one attached hydrogen (secondary N) is 1. The number of hydrogen-bond acceptors (Lipinski definition) is 3. The molecule has 126 valence electrons. The van der Waals surface area contributed by atoms with Crippen LogP contribution in [0.5, 0.6) is 5.75 Å². The number of carbonyl (C=O) groups is 1. The van der Waals surface area contributed by atoms with E-state index in [0.29, 0.717) is 5.92 Å². The normalized spacial score (nSPS) is 16.1. The van der Waals surface area contributed by atoms with Crippen molar-refractivity contribution in [3.8, 4) is 5.75 Å². The van der Waals surface area contributed by atoms with Crippen LogP contribution >= 0.6 is 0 Å². The van der Waals surface area contributed by atoms with E-state index in [1.807, 2.05) is 0 Å². The average Bonchev–Trinajstić information content (AvgIpc) is 2.47. The highest BCUT2D eigenvalue weighted by atomic mass is 19.3. The Morgan fingerprint density at radius 2 is 2.13 bits per heavy atom. The molecule has 1 fully saturated rings. The number of carbonyl (C=O) groups excluding carboxylic acids is 1. The third-order valence-electron chi connectivity index (χ3n) is 3.94. The molecule has 0 aliphatic carbocycles. The van der Waals surface area contributed by atoms with Crippen molar-refractivity contribution in [1.29, 1.82) is 0 Å². The van der Waals surface area contributed by atoms with Crippen molar-refractivity contribution >= 4 is 5.91 Å². The number of alkyl halides is 2. The van der Waals surface area contributed by atoms with E-state index in [1.165, 1.54) is 12.1 Å². The maximum Gasteiger partial charge on any atom is 0.401 e. The summed E-state index contributed by atoms with van der Waals surface area (Å²) < 4.78 is 32.1. The first kappa shape index (κ1) is 17.4. The van der Waals surface area contributed by atoms with Gasteiger partial charge in [0.15, 0.2) is 0 Å². The molecule has 0 spiro atoms. The Morgan fingerprint density at radius 1 is 1.43 bits per heavy atom. The first-order valence-corrected chi connectivity index (χ1v) is 7.72. The quantitative estimate of drug-likeness (QED) is 0.758. The van der Waals surface area contributed by atoms with Crippen molar-refractivity contribution in [1.82, 2.24) is 5.32 Å². The fourth-order valence-electron chi connectivity index (χ4n) is 2.77. The Labute approximate surface area is 134 Å². The van der Waals surface area contributed by atoms with Gasteiger partial charge in [-0.3, -0.25) is 4.79 Å². The molecule has 3 N–H and O–H groups in total. The van der Waals surface area contributed by atoms with Gasteiger partial charge in [-0.1, -0.05) is 12.1 Å². The lowest BCUT2D eigenvalue weighted by Gasteiger charge is -2.23. The van der Waals surface area contributed by atoms with Crippen molar-refractivity contribution < 1.29 is 18.3 Å². The van der Waals surface area contributed by atoms with Gasteiger partial charge in [-0.15, -0.1) is 6.58 Å². The molecule has 1 heterocycles. The van der Waals surface area contributed by atoms with Crippen molar-refractivity contribution in [2.75, 3.05) is 13.1 Å². The number of benzene rings is 1. The van der Waals surface area contributed by atoms with E-state index in [2.05, 4.69) is 11.9 Å². The number of piperidine rings is 1. The average molecular weight is 324 g/mol. The van der Waals surface area contributed by atoms with Crippen LogP contribution in [0.3, 0.4) is 0 Å². The summed E-state index contributed by atoms with van der Waals surface area (Å²) in [6.45, 7) is 5.21. The van der Waals surface area contributed by atoms with Crippen molar-refractivity contribution in [2.45, 2.75) is 31.8 Å². The maximum atomic E-state index is 13.7. The molecule has 1 aromatic rings. The Balaban J connectivity index is 2.20. The van der Waals surface area contributed by atoms with E-state index in [4.69, 9.17) is 10.5 Å². The summed E-state index contributed by atoms with van der Waals surface area (Å²) in [7, 11) is 0. The van der Waals surface area contributed by atoms with Crippen molar-refractivity contribution in [3.05, 3.63) is 42.0 Å². The molecule has 6 heteroatoms. The van der Waals surface area contributed by atoms with Gasteiger partial charge in [-0.25, -0.2) is 0 Å². The molecule has 0 atom stereocenters. The van der Waals surface area contributed by atoms with Gasteiger partial charge in [0.2, 0.25) is 0 Å². The number of rotatable bonds is 7. The largest absolute Gasteiger partial charge is 0.431 e. The molecular formula is C17H22F2N2O2. The summed E-state index contributed by atoms with van der Waals surface area (Å²) in [5.74, 6) is -0.462. The molecule has 0 bridgehead atoms. The molecule has 23 heavy (non-hydrogen) atoms. The predicted molar refractivity (Wildman–Crippen MR) is 84.6 cm³/mol. The summed E-state index contributed by atoms with van der Waals surface area (Å²) in [4.78, 5) is 11.4. The summed E-state index contributed by atoms with van der Waals surface area (Å²) >= 11 is 0. The zero-order valence-corrected chi connectivity index (χ0v) is 13.0. The minimum atomic E-state index is -3.42. The highest BCUT2D eigenvalue weighted by Crippen LogP contribution is 2.30. The Kier molecular flexibility index (Phi) is 5.71. The Bertz CT molecular complexity index is 570. The van der Waals surface area contributed by atoms with Crippen LogP contribution in [-0.4, -0.2) is 25.1 Å². The second-order valence-electron chi connectivity index (χ2n) is 5.82. The SMILES string of the molecule is C=CCC(F)(F)Oc1cc(CC2CCNCC2)ccc1C(N)=O. The molecule has 1 aromatic carbocycles. The molecule has 1 amide bonds. The van der Waals surface area contributed by atoms with Gasteiger partial charge in [0, 0.05) is 0 Å². The Hall–Kier alpha value is -1.95. The predicted octanol–water partition coefficient (Wildman–Crippen LogP) is 2.88. The lowest BCUT2D eigenvalue weighted by Crippen LogP contribution is -2.29. The number of halogens is 2. The van der Waals surface area contributed by atoms with Crippen LogP contribution in [0.25, 0.3) is 0 Å². The van der Waals surface area contributed by atoms with Crippen LogP contribution in [0, 0.1) is 5.92 Å². The van der Waals surface area contributed by atoms with Gasteiger partial charge in [0.05, 0.1) is 12.0 Å². The maximum absolute atomic E-state index is 13.7. The summed E-state index contributed by atoms with van der Waals surface area (Å²) in [5, 5.41) is 3.29. The van der Waals surface area contributed by atoms with Crippen LogP contribution in [0.15, 0.2) is 30.9 Å². The number of hydrogen-bond donors (Lipinski definition) is 2. The van der Waals surface area contributed by atoms with E-state index < -0.39 is 18.4 Å². The van der Waals surface area contributed by atoms with E-state index in [1.54, 1.807) is 6.07 Å². The molecule has 2 rings (SSSR count). The highest BCUT2D eigenvalue weighted by Gasteiger charge is 2.31. The number of ether oxygens (including phenoxy) is 1. The van der Waals surface area contributed by atoms with Gasteiger partial charge < -0.3 is 15.8 Å². The van der Waals surface area contributed by atoms with Crippen LogP contribution in [-0.2, 0) is 6.42 Å². The van der Waals surface area contributed by atoms with Crippen LogP contribution in [0.2, 0.25) is 0 Å². The molecule has 0 aromatic heterocycles. The second kappa shape index (κ2) is 7.55. The standard InChI is InChI=1S/C17H22F2N2O2/c1-2-7-17(18,19)23-15-11-13(3-4-14(15)16(20)22)10-12-5-8-21-9-6-12/h2-4,11-12,21H,1,5-10H2,(H2,20,22). The van der Waals surface area contributed by atoms with Gasteiger partial charge in [-0.05, 0) is 56.0 Å². The highest BCUT2D eigenvalue weighted by molar-refractivity contribution is 5.95. The van der Waals surface area contributed by atoms with E-state index in [0.717, 1.165) is 44.0 Å². The molecule has 1 aliphatic heterocycles. The fraction of sp³-hybridized carbons (Fsp3) is 0.471. The smallest absolute Gasteiger partial charge is 0.401 e. The number of amides is 1. The number of primary amides is 1. The minimum absolute atomic E-state index is 0.0391. The second-order valence-corrected chi connectivity index (χ2v) is 5.82. The van der Waals surface area contributed by atoms with Crippen molar-refractivity contribution in [3.63, 3.8) is 0 Å². The summed E-state index contributed by atoms with van der Waals surface area (Å²) in [6.07, 6.45) is -0.128. The van der Waals surface area contributed by atoms with E-state index in [9.17, 15) is 13.6 Å². The molecule has 1 aliphatic rings. The molecule has 1 saturated heterocycles. The first-order valence-electron chi connectivity index (χ1n) is 7.72. The lowest BCUT2D eigenvalue weighted by molar-refractivity contribution is -0.172. The summed E-state index contributed by atoms with van der Waals surface area (Å²) in [5.41, 5.74) is 6.08. The lowest BCUT2D eigenvalue weighted by atomic mass is 9.90. The topological polar surface area (TPSA) is 64.3 Å². The van der Waals surface area contributed by atoms with Gasteiger partial charge in [0.1, 0.15) is 5.75 Å². The molecular weight excluding hydrogens is 302 g/mol. The molecule has 0 saturated carbocycles. The monoisotopic (exact) mass is 324 g/mol. The molecule has 4 nitrogen and oxygen atoms in total. The number of nitrogens with two attached hydrogens (primary N) is 1. The van der Waals surface area contributed by atoms with Gasteiger partial charge >= 0.3 is 6.11 Å². The third-order valence-corrected chi connectivity index (χ3v) is 3.94. The third kappa shape index (κ3) is 5.03. The van der Waals surface area contributed by atoms with Crippen LogP contribution in [0.4, 0.5) is 8.78 Å². The summed E-state index contributed by atoms with van der Waals surface area (Å²) in [6, 6.07) is 4.71. The van der Waals surface area contributed by atoms with E-state index in [-0.39, 0.29) is 11.3 Å². The van der Waals surface area contributed by atoms with Crippen LogP contribution < -0.4 is 15.8 Å². The molecule has 0 radical (unpaired) electrons. The van der Waals surface area contributed by atoms with Gasteiger partial charge in [-0.2, -0.15) is 8.78 Å². The fourth-order valence-corrected chi connectivity index (χ4v) is 2.77.